The van der Waals surface area contributed by atoms with Gasteiger partial charge < -0.3 is 4.74 Å². The molecule has 4 heteroatoms. The maximum absolute atomic E-state index is 13.2. The minimum absolute atomic E-state index is 0.0265. The largest absolute Gasteiger partial charge is 0.493 e. The minimum atomic E-state index is -2.50. The highest BCUT2D eigenvalue weighted by atomic mass is 79.9. The van der Waals surface area contributed by atoms with Gasteiger partial charge in [-0.3, -0.25) is 0 Å². The fourth-order valence-electron chi connectivity index (χ4n) is 2.35. The van der Waals surface area contributed by atoms with E-state index in [9.17, 15) is 8.78 Å². The summed E-state index contributed by atoms with van der Waals surface area (Å²) in [4.78, 5) is 0. The van der Waals surface area contributed by atoms with Crippen LogP contribution in [0.1, 0.15) is 31.2 Å². The first kappa shape index (κ1) is 13.8. The number of benzene rings is 1. The topological polar surface area (TPSA) is 9.23 Å². The zero-order chi connectivity index (χ0) is 13.0. The number of alkyl halides is 3. The highest BCUT2D eigenvalue weighted by molar-refractivity contribution is 9.08. The van der Waals surface area contributed by atoms with Gasteiger partial charge in [-0.2, -0.15) is 0 Å². The van der Waals surface area contributed by atoms with Gasteiger partial charge in [-0.1, -0.05) is 28.1 Å². The van der Waals surface area contributed by atoms with Gasteiger partial charge in [0.1, 0.15) is 5.75 Å². The van der Waals surface area contributed by atoms with Crippen LogP contribution >= 0.6 is 15.9 Å². The van der Waals surface area contributed by atoms with Gasteiger partial charge in [0.15, 0.2) is 0 Å². The number of rotatable bonds is 4. The van der Waals surface area contributed by atoms with Crippen molar-refractivity contribution >= 4 is 15.9 Å². The number of halogens is 3. The van der Waals surface area contributed by atoms with Crippen LogP contribution in [-0.2, 0) is 5.33 Å². The van der Waals surface area contributed by atoms with Crippen molar-refractivity contribution in [2.75, 3.05) is 6.61 Å². The van der Waals surface area contributed by atoms with Gasteiger partial charge in [0.25, 0.3) is 0 Å². The third kappa shape index (κ3) is 3.94. The van der Waals surface area contributed by atoms with E-state index in [0.29, 0.717) is 13.0 Å². The molecule has 0 saturated heterocycles. The predicted octanol–water partition coefficient (Wildman–Crippen LogP) is 4.79. The van der Waals surface area contributed by atoms with Crippen molar-refractivity contribution < 1.29 is 13.5 Å². The summed E-state index contributed by atoms with van der Waals surface area (Å²) in [6.07, 6.45) is 1.43. The lowest BCUT2D eigenvalue weighted by Crippen LogP contribution is -2.29. The standard InChI is InChI=1S/C14H17BrF2O/c15-9-11-3-1-5-13(7-11)18-10-12-4-2-6-14(16,17)8-12/h1,3,5,7,12H,2,4,6,8-10H2. The summed E-state index contributed by atoms with van der Waals surface area (Å²) in [6.45, 7) is 0.390. The van der Waals surface area contributed by atoms with Gasteiger partial charge >= 0.3 is 0 Å². The van der Waals surface area contributed by atoms with Crippen molar-refractivity contribution in [2.24, 2.45) is 5.92 Å². The third-order valence-corrected chi connectivity index (χ3v) is 3.93. The summed E-state index contributed by atoms with van der Waals surface area (Å²) in [7, 11) is 0. The van der Waals surface area contributed by atoms with Crippen LogP contribution < -0.4 is 4.74 Å². The molecule has 0 heterocycles. The number of hydrogen-bond donors (Lipinski definition) is 0. The first-order chi connectivity index (χ1) is 8.59. The summed E-state index contributed by atoms with van der Waals surface area (Å²) in [5.41, 5.74) is 1.13. The molecule has 1 aliphatic carbocycles. The second-order valence-corrected chi connectivity index (χ2v) is 5.47. The number of hydrogen-bond acceptors (Lipinski definition) is 1. The molecule has 0 aliphatic heterocycles. The average Bonchev–Trinajstić information content (AvgIpc) is 2.35. The molecular weight excluding hydrogens is 302 g/mol. The normalized spacial score (nSPS) is 22.7. The van der Waals surface area contributed by atoms with Crippen molar-refractivity contribution in [2.45, 2.75) is 36.9 Å². The highest BCUT2D eigenvalue weighted by Crippen LogP contribution is 2.36. The Hall–Kier alpha value is -0.640. The van der Waals surface area contributed by atoms with Crippen LogP contribution in [0.15, 0.2) is 24.3 Å². The molecule has 1 atom stereocenters. The maximum atomic E-state index is 13.2. The second-order valence-electron chi connectivity index (χ2n) is 4.91. The molecule has 0 aromatic heterocycles. The first-order valence-electron chi connectivity index (χ1n) is 6.24. The molecule has 1 aliphatic rings. The average molecular weight is 319 g/mol. The second kappa shape index (κ2) is 6.00. The van der Waals surface area contributed by atoms with Crippen LogP contribution in [-0.4, -0.2) is 12.5 Å². The van der Waals surface area contributed by atoms with Gasteiger partial charge in [0.2, 0.25) is 5.92 Å². The van der Waals surface area contributed by atoms with E-state index in [1.54, 1.807) is 0 Å². The van der Waals surface area contributed by atoms with E-state index in [4.69, 9.17) is 4.74 Å². The van der Waals surface area contributed by atoms with Crippen molar-refractivity contribution in [1.29, 1.82) is 0 Å². The lowest BCUT2D eigenvalue weighted by molar-refractivity contribution is -0.0585. The fourth-order valence-corrected chi connectivity index (χ4v) is 2.70. The van der Waals surface area contributed by atoms with Crippen LogP contribution in [0.5, 0.6) is 5.75 Å². The smallest absolute Gasteiger partial charge is 0.248 e. The van der Waals surface area contributed by atoms with Crippen LogP contribution in [0.3, 0.4) is 0 Å². The molecule has 0 N–H and O–H groups in total. The summed E-state index contributed by atoms with van der Waals surface area (Å²) >= 11 is 3.38. The summed E-state index contributed by atoms with van der Waals surface area (Å²) in [5.74, 6) is -1.76. The molecular formula is C14H17BrF2O. The molecule has 1 aromatic carbocycles. The molecule has 0 spiro atoms. The van der Waals surface area contributed by atoms with Crippen molar-refractivity contribution in [1.82, 2.24) is 0 Å². The van der Waals surface area contributed by atoms with E-state index in [0.717, 1.165) is 23.1 Å². The molecule has 1 unspecified atom stereocenters. The molecule has 100 valence electrons. The minimum Gasteiger partial charge on any atom is -0.493 e. The maximum Gasteiger partial charge on any atom is 0.248 e. The van der Waals surface area contributed by atoms with Crippen molar-refractivity contribution in [3.05, 3.63) is 29.8 Å². The summed E-state index contributed by atoms with van der Waals surface area (Å²) in [6, 6.07) is 7.72. The molecule has 0 amide bonds. The molecule has 0 bridgehead atoms. The zero-order valence-electron chi connectivity index (χ0n) is 10.2. The van der Waals surface area contributed by atoms with E-state index >= 15 is 0 Å². The number of ether oxygens (including phenoxy) is 1. The SMILES string of the molecule is FC1(F)CCCC(COc2cccc(CBr)c2)C1. The van der Waals surface area contributed by atoms with Crippen LogP contribution in [0.25, 0.3) is 0 Å². The summed E-state index contributed by atoms with van der Waals surface area (Å²) < 4.78 is 32.1. The molecule has 1 aromatic rings. The molecule has 1 saturated carbocycles. The van der Waals surface area contributed by atoms with E-state index in [1.165, 1.54) is 0 Å². The van der Waals surface area contributed by atoms with E-state index < -0.39 is 5.92 Å². The van der Waals surface area contributed by atoms with Crippen LogP contribution in [0.2, 0.25) is 0 Å². The Labute approximate surface area is 115 Å². The first-order valence-corrected chi connectivity index (χ1v) is 7.37. The molecule has 18 heavy (non-hydrogen) atoms. The lowest BCUT2D eigenvalue weighted by Gasteiger charge is -2.28. The van der Waals surface area contributed by atoms with Crippen LogP contribution in [0.4, 0.5) is 8.78 Å². The molecule has 1 fully saturated rings. The van der Waals surface area contributed by atoms with Crippen LogP contribution in [0, 0.1) is 5.92 Å². The highest BCUT2D eigenvalue weighted by Gasteiger charge is 2.36. The molecule has 2 rings (SSSR count). The Kier molecular flexibility index (Phi) is 4.60. The molecule has 1 nitrogen and oxygen atoms in total. The fraction of sp³-hybridized carbons (Fsp3) is 0.571. The lowest BCUT2D eigenvalue weighted by atomic mass is 9.87. The Morgan fingerprint density at radius 1 is 1.39 bits per heavy atom. The Balaban J connectivity index is 1.87. The van der Waals surface area contributed by atoms with Gasteiger partial charge in [-0.05, 0) is 36.5 Å². The van der Waals surface area contributed by atoms with Gasteiger partial charge in [-0.15, -0.1) is 0 Å². The van der Waals surface area contributed by atoms with E-state index in [-0.39, 0.29) is 18.8 Å². The van der Waals surface area contributed by atoms with Crippen molar-refractivity contribution in [3.63, 3.8) is 0 Å². The monoisotopic (exact) mass is 318 g/mol. The Bertz CT molecular complexity index is 395. The summed E-state index contributed by atoms with van der Waals surface area (Å²) in [5, 5.41) is 0.770. The van der Waals surface area contributed by atoms with E-state index in [1.807, 2.05) is 24.3 Å². The van der Waals surface area contributed by atoms with Crippen molar-refractivity contribution in [3.8, 4) is 5.75 Å². The van der Waals surface area contributed by atoms with Gasteiger partial charge in [0, 0.05) is 18.2 Å². The molecule has 0 radical (unpaired) electrons. The quantitative estimate of drug-likeness (QED) is 0.725. The van der Waals surface area contributed by atoms with E-state index in [2.05, 4.69) is 15.9 Å². The third-order valence-electron chi connectivity index (χ3n) is 3.28. The van der Waals surface area contributed by atoms with Gasteiger partial charge in [-0.25, -0.2) is 8.78 Å². The van der Waals surface area contributed by atoms with Gasteiger partial charge in [0.05, 0.1) is 6.61 Å². The Morgan fingerprint density at radius 3 is 2.94 bits per heavy atom. The zero-order valence-corrected chi connectivity index (χ0v) is 11.8. The Morgan fingerprint density at radius 2 is 2.22 bits per heavy atom. The predicted molar refractivity (Wildman–Crippen MR) is 71.5 cm³/mol.